The molecule has 1 atom stereocenters. The number of sulfone groups is 1. The fourth-order valence-corrected chi connectivity index (χ4v) is 4.44. The van der Waals surface area contributed by atoms with Gasteiger partial charge in [-0.15, -0.1) is 0 Å². The normalized spacial score (nSPS) is 20.3. The first kappa shape index (κ1) is 16.9. The summed E-state index contributed by atoms with van der Waals surface area (Å²) in [5.74, 6) is 0.266. The average Bonchev–Trinajstić information content (AvgIpc) is 2.78. The molecular formula is C15H23N3O3S. The van der Waals surface area contributed by atoms with Gasteiger partial charge in [-0.05, 0) is 44.5 Å². The molecule has 1 saturated heterocycles. The topological polar surface area (TPSA) is 79.4 Å². The number of likely N-dealkylation sites (N-methyl/N-ethyl adjacent to an activating group) is 1. The van der Waals surface area contributed by atoms with E-state index in [1.165, 1.54) is 0 Å². The third-order valence-electron chi connectivity index (χ3n) is 4.06. The minimum Gasteiger partial charge on any atom is -0.351 e. The number of carbonyl (C=O) groups is 1. The minimum absolute atomic E-state index is 0.0569. The number of nitrogens with zero attached hydrogens (tertiary/aromatic N) is 2. The first-order chi connectivity index (χ1) is 10.3. The second-order valence-corrected chi connectivity index (χ2v) is 8.23. The van der Waals surface area contributed by atoms with Crippen LogP contribution in [-0.2, 0) is 21.2 Å². The van der Waals surface area contributed by atoms with Crippen molar-refractivity contribution in [3.63, 3.8) is 0 Å². The third kappa shape index (κ3) is 4.51. The lowest BCUT2D eigenvalue weighted by atomic mass is 10.1. The predicted molar refractivity (Wildman–Crippen MR) is 85.2 cm³/mol. The summed E-state index contributed by atoms with van der Waals surface area (Å²) in [4.78, 5) is 18.0. The van der Waals surface area contributed by atoms with E-state index < -0.39 is 9.84 Å². The Bertz CT molecular complexity index is 658. The van der Waals surface area contributed by atoms with Gasteiger partial charge in [-0.1, -0.05) is 0 Å². The standard InChI is InChI=1S/C15H23N3O3S/c1-11-6-12(2)16-7-13(11)8-17-15(19)9-18(3)14-4-5-22(20,21)10-14/h6-7,14H,4-5,8-10H2,1-3H3,(H,17,19)/t14-/m0/s1. The number of hydrogen-bond acceptors (Lipinski definition) is 5. The maximum absolute atomic E-state index is 12.0. The highest BCUT2D eigenvalue weighted by molar-refractivity contribution is 7.91. The van der Waals surface area contributed by atoms with Crippen LogP contribution < -0.4 is 5.32 Å². The highest BCUT2D eigenvalue weighted by Gasteiger charge is 2.31. The van der Waals surface area contributed by atoms with Gasteiger partial charge in [-0.2, -0.15) is 0 Å². The van der Waals surface area contributed by atoms with Crippen molar-refractivity contribution >= 4 is 15.7 Å². The smallest absolute Gasteiger partial charge is 0.234 e. The Morgan fingerprint density at radius 1 is 1.45 bits per heavy atom. The molecule has 7 heteroatoms. The van der Waals surface area contributed by atoms with Gasteiger partial charge in [-0.25, -0.2) is 8.42 Å². The van der Waals surface area contributed by atoms with Gasteiger partial charge in [0.2, 0.25) is 5.91 Å². The summed E-state index contributed by atoms with van der Waals surface area (Å²) in [6.45, 7) is 4.57. The van der Waals surface area contributed by atoms with Gasteiger partial charge < -0.3 is 5.32 Å². The van der Waals surface area contributed by atoms with Crippen LogP contribution in [0.3, 0.4) is 0 Å². The summed E-state index contributed by atoms with van der Waals surface area (Å²) in [6.07, 6.45) is 2.38. The monoisotopic (exact) mass is 325 g/mol. The van der Waals surface area contributed by atoms with Crippen molar-refractivity contribution in [3.05, 3.63) is 29.1 Å². The van der Waals surface area contributed by atoms with Crippen LogP contribution in [0, 0.1) is 13.8 Å². The number of aromatic nitrogens is 1. The Morgan fingerprint density at radius 3 is 2.77 bits per heavy atom. The molecule has 1 amide bonds. The van der Waals surface area contributed by atoms with Gasteiger partial charge in [0.15, 0.2) is 9.84 Å². The summed E-state index contributed by atoms with van der Waals surface area (Å²) in [6, 6.07) is 1.93. The summed E-state index contributed by atoms with van der Waals surface area (Å²) in [5, 5.41) is 2.86. The van der Waals surface area contributed by atoms with E-state index in [2.05, 4.69) is 10.3 Å². The molecule has 6 nitrogen and oxygen atoms in total. The van der Waals surface area contributed by atoms with Gasteiger partial charge in [0.1, 0.15) is 0 Å². The van der Waals surface area contributed by atoms with Crippen LogP contribution in [0.5, 0.6) is 0 Å². The Labute approximate surface area is 131 Å². The van der Waals surface area contributed by atoms with Crippen LogP contribution in [0.25, 0.3) is 0 Å². The van der Waals surface area contributed by atoms with E-state index in [0.29, 0.717) is 13.0 Å². The molecule has 0 aliphatic carbocycles. The van der Waals surface area contributed by atoms with Crippen molar-refractivity contribution in [1.82, 2.24) is 15.2 Å². The van der Waals surface area contributed by atoms with Crippen molar-refractivity contribution in [3.8, 4) is 0 Å². The second-order valence-electron chi connectivity index (χ2n) is 6.00. The second kappa shape index (κ2) is 6.75. The van der Waals surface area contributed by atoms with E-state index in [-0.39, 0.29) is 30.0 Å². The van der Waals surface area contributed by atoms with E-state index in [9.17, 15) is 13.2 Å². The fourth-order valence-electron chi connectivity index (χ4n) is 2.64. The molecule has 1 aliphatic rings. The summed E-state index contributed by atoms with van der Waals surface area (Å²) >= 11 is 0. The number of nitrogens with one attached hydrogen (secondary N) is 1. The minimum atomic E-state index is -2.92. The highest BCUT2D eigenvalue weighted by Crippen LogP contribution is 2.16. The summed E-state index contributed by atoms with van der Waals surface area (Å²) in [5.41, 5.74) is 3.04. The van der Waals surface area contributed by atoms with Crippen molar-refractivity contribution in [2.45, 2.75) is 32.9 Å². The zero-order valence-corrected chi connectivity index (χ0v) is 14.1. The fraction of sp³-hybridized carbons (Fsp3) is 0.600. The summed E-state index contributed by atoms with van der Waals surface area (Å²) < 4.78 is 22.9. The van der Waals surface area contributed by atoms with Gasteiger partial charge in [0, 0.05) is 24.5 Å². The van der Waals surface area contributed by atoms with Crippen molar-refractivity contribution in [2.24, 2.45) is 0 Å². The maximum Gasteiger partial charge on any atom is 0.234 e. The van der Waals surface area contributed by atoms with Crippen LogP contribution in [0.2, 0.25) is 0 Å². The molecule has 1 aromatic heterocycles. The summed E-state index contributed by atoms with van der Waals surface area (Å²) in [7, 11) is -1.13. The number of rotatable bonds is 5. The van der Waals surface area contributed by atoms with E-state index in [0.717, 1.165) is 16.8 Å². The molecule has 122 valence electrons. The molecule has 22 heavy (non-hydrogen) atoms. The number of amides is 1. The Hall–Kier alpha value is -1.47. The number of carbonyl (C=O) groups excluding carboxylic acids is 1. The molecule has 1 N–H and O–H groups in total. The molecule has 0 aromatic carbocycles. The zero-order chi connectivity index (χ0) is 16.3. The zero-order valence-electron chi connectivity index (χ0n) is 13.3. The van der Waals surface area contributed by atoms with Crippen molar-refractivity contribution in [2.75, 3.05) is 25.1 Å². The lowest BCUT2D eigenvalue weighted by molar-refractivity contribution is -0.122. The molecule has 2 heterocycles. The van der Waals surface area contributed by atoms with E-state index >= 15 is 0 Å². The van der Waals surface area contributed by atoms with Crippen LogP contribution in [-0.4, -0.2) is 55.3 Å². The molecule has 1 fully saturated rings. The first-order valence-electron chi connectivity index (χ1n) is 7.36. The Balaban J connectivity index is 1.83. The third-order valence-corrected chi connectivity index (χ3v) is 5.81. The Morgan fingerprint density at radius 2 is 2.18 bits per heavy atom. The molecule has 0 saturated carbocycles. The van der Waals surface area contributed by atoms with Crippen LogP contribution >= 0.6 is 0 Å². The van der Waals surface area contributed by atoms with Crippen molar-refractivity contribution < 1.29 is 13.2 Å². The molecule has 1 aliphatic heterocycles. The van der Waals surface area contributed by atoms with E-state index in [1.54, 1.807) is 13.2 Å². The molecule has 0 radical (unpaired) electrons. The van der Waals surface area contributed by atoms with Crippen LogP contribution in [0.15, 0.2) is 12.3 Å². The van der Waals surface area contributed by atoms with Gasteiger partial charge in [0.05, 0.1) is 18.1 Å². The van der Waals surface area contributed by atoms with Crippen LogP contribution in [0.1, 0.15) is 23.2 Å². The lowest BCUT2D eigenvalue weighted by Crippen LogP contribution is -2.41. The van der Waals surface area contributed by atoms with Gasteiger partial charge in [-0.3, -0.25) is 14.7 Å². The molecule has 2 rings (SSSR count). The SMILES string of the molecule is Cc1cc(C)c(CNC(=O)CN(C)[C@H]2CCS(=O)(=O)C2)cn1. The molecular weight excluding hydrogens is 302 g/mol. The van der Waals surface area contributed by atoms with E-state index in [4.69, 9.17) is 0 Å². The van der Waals surface area contributed by atoms with Gasteiger partial charge in [0.25, 0.3) is 0 Å². The largest absolute Gasteiger partial charge is 0.351 e. The van der Waals surface area contributed by atoms with E-state index in [1.807, 2.05) is 24.8 Å². The Kier molecular flexibility index (Phi) is 5.18. The molecule has 0 spiro atoms. The van der Waals surface area contributed by atoms with Crippen molar-refractivity contribution in [1.29, 1.82) is 0 Å². The maximum atomic E-state index is 12.0. The predicted octanol–water partition coefficient (Wildman–Crippen LogP) is 0.434. The van der Waals surface area contributed by atoms with Crippen LogP contribution in [0.4, 0.5) is 0 Å². The average molecular weight is 325 g/mol. The number of aryl methyl sites for hydroxylation is 2. The number of pyridine rings is 1. The highest BCUT2D eigenvalue weighted by atomic mass is 32.2. The lowest BCUT2D eigenvalue weighted by Gasteiger charge is -2.22. The first-order valence-corrected chi connectivity index (χ1v) is 9.18. The molecule has 1 aromatic rings. The quantitative estimate of drug-likeness (QED) is 0.849. The molecule has 0 unspecified atom stereocenters. The molecule has 0 bridgehead atoms. The number of hydrogen-bond donors (Lipinski definition) is 1. The van der Waals surface area contributed by atoms with Gasteiger partial charge >= 0.3 is 0 Å².